The van der Waals surface area contributed by atoms with Crippen LogP contribution in [-0.4, -0.2) is 35.8 Å². The summed E-state index contributed by atoms with van der Waals surface area (Å²) in [7, 11) is -3.16. The van der Waals surface area contributed by atoms with Crippen LogP contribution in [-0.2, 0) is 34.9 Å². The van der Waals surface area contributed by atoms with Gasteiger partial charge in [0.05, 0.1) is 17.2 Å². The highest BCUT2D eigenvalue weighted by atomic mass is 35.5. The maximum Gasteiger partial charge on any atom is 0.155 e. The van der Waals surface area contributed by atoms with Crippen LogP contribution in [0.2, 0.25) is 5.02 Å². The van der Waals surface area contributed by atoms with Crippen LogP contribution in [0.1, 0.15) is 54.5 Å². The maximum atomic E-state index is 11.5. The van der Waals surface area contributed by atoms with Crippen LogP contribution < -0.4 is 4.74 Å². The van der Waals surface area contributed by atoms with Gasteiger partial charge in [0.15, 0.2) is 15.6 Å². The normalized spacial score (nSPS) is 15.4. The number of nitriles is 1. The number of aryl methyl sites for hydroxylation is 1. The van der Waals surface area contributed by atoms with Crippen molar-refractivity contribution in [3.05, 3.63) is 70.0 Å². The lowest BCUT2D eigenvalue weighted by Gasteiger charge is -2.24. The molecule has 0 radical (unpaired) electrons. The molecule has 1 unspecified atom stereocenters. The van der Waals surface area contributed by atoms with Gasteiger partial charge >= 0.3 is 0 Å². The summed E-state index contributed by atoms with van der Waals surface area (Å²) in [4.78, 5) is 8.53. The van der Waals surface area contributed by atoms with Gasteiger partial charge in [0.1, 0.15) is 17.6 Å². The molecule has 0 bridgehead atoms. The highest BCUT2D eigenvalue weighted by Gasteiger charge is 2.23. The van der Waals surface area contributed by atoms with Crippen molar-refractivity contribution in [2.75, 3.05) is 12.9 Å². The van der Waals surface area contributed by atoms with E-state index in [0.717, 1.165) is 49.9 Å². The van der Waals surface area contributed by atoms with Crippen molar-refractivity contribution in [3.8, 4) is 17.5 Å². The number of nitrogens with zero attached hydrogens (tertiary/aromatic N) is 4. The lowest BCUT2D eigenvalue weighted by atomic mass is 9.84. The Bertz CT molecular complexity index is 1360. The molecule has 1 aromatic carbocycles. The fraction of sp³-hybridized carbons (Fsp3) is 0.423. The molecule has 2 heterocycles. The molecule has 7 nitrogen and oxygen atoms in total. The van der Waals surface area contributed by atoms with Crippen molar-refractivity contribution in [2.24, 2.45) is 5.92 Å². The molecule has 0 N–H and O–H groups in total. The summed E-state index contributed by atoms with van der Waals surface area (Å²) < 4.78 is 30.9. The van der Waals surface area contributed by atoms with Crippen molar-refractivity contribution >= 4 is 21.4 Å². The number of hydrogen-bond acceptors (Lipinski definition) is 6. The SMILES string of the molecule is CCCOc1c(Cl)cc(-n2ccc3c2CCC(CCc2ccnc(CS(C)(=O)=O)n2)C3)cc1C#N. The fourth-order valence-electron chi connectivity index (χ4n) is 4.60. The van der Waals surface area contributed by atoms with E-state index in [-0.39, 0.29) is 5.75 Å². The summed E-state index contributed by atoms with van der Waals surface area (Å²) in [5, 5.41) is 10.1. The lowest BCUT2D eigenvalue weighted by Crippen LogP contribution is -2.17. The number of hydrogen-bond donors (Lipinski definition) is 0. The van der Waals surface area contributed by atoms with Crippen molar-refractivity contribution in [3.63, 3.8) is 0 Å². The van der Waals surface area contributed by atoms with E-state index in [2.05, 4.69) is 26.7 Å². The minimum Gasteiger partial charge on any atom is -0.491 e. The molecule has 9 heteroatoms. The number of ether oxygens (including phenoxy) is 1. The van der Waals surface area contributed by atoms with Crippen molar-refractivity contribution in [2.45, 2.75) is 51.2 Å². The summed E-state index contributed by atoms with van der Waals surface area (Å²) in [5.74, 6) is 1.19. The molecule has 0 amide bonds. The van der Waals surface area contributed by atoms with E-state index in [9.17, 15) is 13.7 Å². The van der Waals surface area contributed by atoms with Gasteiger partial charge in [-0.3, -0.25) is 0 Å². The highest BCUT2D eigenvalue weighted by molar-refractivity contribution is 7.89. The monoisotopic (exact) mass is 512 g/mol. The first-order chi connectivity index (χ1) is 16.8. The number of benzene rings is 1. The average Bonchev–Trinajstić information content (AvgIpc) is 3.24. The molecule has 1 aliphatic carbocycles. The van der Waals surface area contributed by atoms with Gasteiger partial charge < -0.3 is 9.30 Å². The minimum absolute atomic E-state index is 0.135. The summed E-state index contributed by atoms with van der Waals surface area (Å²) in [6.45, 7) is 2.53. The molecule has 0 saturated carbocycles. The van der Waals surface area contributed by atoms with Gasteiger partial charge in [0.25, 0.3) is 0 Å². The molecule has 1 atom stereocenters. The Morgan fingerprint density at radius 2 is 2.14 bits per heavy atom. The van der Waals surface area contributed by atoms with E-state index in [1.807, 2.05) is 31.3 Å². The van der Waals surface area contributed by atoms with Crippen LogP contribution in [0.15, 0.2) is 36.7 Å². The summed E-state index contributed by atoms with van der Waals surface area (Å²) in [6.07, 6.45) is 10.5. The lowest BCUT2D eigenvalue weighted by molar-refractivity contribution is 0.316. The van der Waals surface area contributed by atoms with Crippen LogP contribution in [0.3, 0.4) is 0 Å². The van der Waals surface area contributed by atoms with Crippen molar-refractivity contribution in [1.82, 2.24) is 14.5 Å². The minimum atomic E-state index is -3.16. The molecule has 1 aliphatic rings. The van der Waals surface area contributed by atoms with Gasteiger partial charge in [0.2, 0.25) is 0 Å². The largest absolute Gasteiger partial charge is 0.491 e. The number of fused-ring (bicyclic) bond motifs is 1. The predicted octanol–water partition coefficient (Wildman–Crippen LogP) is 4.86. The first-order valence-electron chi connectivity index (χ1n) is 11.8. The van der Waals surface area contributed by atoms with Crippen LogP contribution in [0.5, 0.6) is 5.75 Å². The predicted molar refractivity (Wildman–Crippen MR) is 136 cm³/mol. The first-order valence-corrected chi connectivity index (χ1v) is 14.3. The van der Waals surface area contributed by atoms with Crippen LogP contribution >= 0.6 is 11.6 Å². The Morgan fingerprint density at radius 1 is 1.31 bits per heavy atom. The summed E-state index contributed by atoms with van der Waals surface area (Å²) >= 11 is 6.49. The number of aromatic nitrogens is 3. The standard InChI is InChI=1S/C26H29ClN4O3S/c1-3-12-34-26-20(16-28)14-22(15-23(26)27)31-11-9-19-13-18(5-7-24(19)31)4-6-21-8-10-29-25(30-21)17-35(2,32)33/h8-11,14-15,18H,3-7,12-13,17H2,1-2H3. The summed E-state index contributed by atoms with van der Waals surface area (Å²) in [6, 6.07) is 9.93. The molecule has 35 heavy (non-hydrogen) atoms. The molecule has 2 aromatic heterocycles. The Hall–Kier alpha value is -2.89. The molecule has 0 fully saturated rings. The van der Waals surface area contributed by atoms with E-state index in [0.29, 0.717) is 34.7 Å². The highest BCUT2D eigenvalue weighted by Crippen LogP contribution is 2.35. The number of sulfone groups is 1. The van der Waals surface area contributed by atoms with Gasteiger partial charge in [0, 0.05) is 35.7 Å². The third-order valence-corrected chi connectivity index (χ3v) is 7.29. The Morgan fingerprint density at radius 3 is 2.89 bits per heavy atom. The topological polar surface area (TPSA) is 97.9 Å². The van der Waals surface area contributed by atoms with Crippen LogP contribution in [0.4, 0.5) is 0 Å². The quantitative estimate of drug-likeness (QED) is 0.406. The van der Waals surface area contributed by atoms with Gasteiger partial charge in [-0.2, -0.15) is 5.26 Å². The second-order valence-electron chi connectivity index (χ2n) is 9.10. The zero-order valence-corrected chi connectivity index (χ0v) is 21.6. The van der Waals surface area contributed by atoms with E-state index in [1.54, 1.807) is 6.20 Å². The van der Waals surface area contributed by atoms with E-state index in [4.69, 9.17) is 16.3 Å². The molecule has 0 aliphatic heterocycles. The molecule has 184 valence electrons. The van der Waals surface area contributed by atoms with Gasteiger partial charge in [-0.15, -0.1) is 0 Å². The second kappa shape index (κ2) is 10.8. The van der Waals surface area contributed by atoms with Crippen molar-refractivity contribution < 1.29 is 13.2 Å². The number of rotatable bonds is 9. The number of halogens is 1. The van der Waals surface area contributed by atoms with Crippen molar-refractivity contribution in [1.29, 1.82) is 5.26 Å². The molecule has 3 aromatic rings. The average molecular weight is 513 g/mol. The van der Waals surface area contributed by atoms with E-state index < -0.39 is 9.84 Å². The van der Waals surface area contributed by atoms with Crippen LogP contribution in [0.25, 0.3) is 5.69 Å². The smallest absolute Gasteiger partial charge is 0.155 e. The third kappa shape index (κ3) is 6.22. The second-order valence-corrected chi connectivity index (χ2v) is 11.7. The fourth-order valence-corrected chi connectivity index (χ4v) is 5.48. The molecule has 0 spiro atoms. The zero-order valence-electron chi connectivity index (χ0n) is 20.0. The molecule has 4 rings (SSSR count). The first kappa shape index (κ1) is 25.2. The Balaban J connectivity index is 1.45. The van der Waals surface area contributed by atoms with E-state index in [1.165, 1.54) is 17.5 Å². The van der Waals surface area contributed by atoms with Gasteiger partial charge in [-0.1, -0.05) is 18.5 Å². The van der Waals surface area contributed by atoms with Crippen LogP contribution in [0, 0.1) is 17.2 Å². The third-order valence-electron chi connectivity index (χ3n) is 6.22. The van der Waals surface area contributed by atoms with E-state index >= 15 is 0 Å². The maximum absolute atomic E-state index is 11.5. The van der Waals surface area contributed by atoms with Gasteiger partial charge in [-0.05, 0) is 74.3 Å². The zero-order chi connectivity index (χ0) is 25.0. The summed E-state index contributed by atoms with van der Waals surface area (Å²) in [5.41, 5.74) is 4.75. The molecular weight excluding hydrogens is 484 g/mol. The molecule has 0 saturated heterocycles. The Labute approximate surface area is 211 Å². The van der Waals surface area contributed by atoms with Gasteiger partial charge in [-0.25, -0.2) is 18.4 Å². The molecular formula is C26H29ClN4O3S. The Kier molecular flexibility index (Phi) is 7.78.